The molecule has 7 nitrogen and oxygen atoms in total. The summed E-state index contributed by atoms with van der Waals surface area (Å²) in [5, 5.41) is 12.0. The Morgan fingerprint density at radius 2 is 1.73 bits per heavy atom. The van der Waals surface area contributed by atoms with Gasteiger partial charge >= 0.3 is 0 Å². The normalized spacial score (nSPS) is 10.6. The molecule has 0 fully saturated rings. The van der Waals surface area contributed by atoms with Crippen LogP contribution in [0.3, 0.4) is 0 Å². The summed E-state index contributed by atoms with van der Waals surface area (Å²) < 4.78 is 12.9. The Labute approximate surface area is 180 Å². The van der Waals surface area contributed by atoms with Gasteiger partial charge in [0.1, 0.15) is 18.1 Å². The van der Waals surface area contributed by atoms with Crippen LogP contribution in [0.25, 0.3) is 0 Å². The number of carbonyl (C=O) groups excluding carboxylic acids is 1. The number of methoxy groups -OCH3 is 1. The fourth-order valence-corrected chi connectivity index (χ4v) is 3.64. The SMILES string of the molecule is CCc1ccc(OCc2nnc(SCC(=O)Nc3ccc(OC)cc3)n2CC)cc1. The van der Waals surface area contributed by atoms with E-state index in [9.17, 15) is 4.79 Å². The maximum absolute atomic E-state index is 12.3. The van der Waals surface area contributed by atoms with Gasteiger partial charge in [-0.3, -0.25) is 4.79 Å². The largest absolute Gasteiger partial charge is 0.497 e. The highest BCUT2D eigenvalue weighted by Crippen LogP contribution is 2.20. The Balaban J connectivity index is 1.54. The number of amides is 1. The van der Waals surface area contributed by atoms with Crippen LogP contribution in [-0.4, -0.2) is 33.5 Å². The van der Waals surface area contributed by atoms with E-state index in [1.165, 1.54) is 17.3 Å². The van der Waals surface area contributed by atoms with Gasteiger partial charge in [-0.15, -0.1) is 10.2 Å². The summed E-state index contributed by atoms with van der Waals surface area (Å²) >= 11 is 1.35. The van der Waals surface area contributed by atoms with Crippen molar-refractivity contribution in [2.75, 3.05) is 18.2 Å². The van der Waals surface area contributed by atoms with E-state index in [0.29, 0.717) is 18.3 Å². The van der Waals surface area contributed by atoms with Crippen molar-refractivity contribution in [1.82, 2.24) is 14.8 Å². The van der Waals surface area contributed by atoms with Crippen molar-refractivity contribution in [1.29, 1.82) is 0 Å². The molecule has 0 aliphatic heterocycles. The number of ether oxygens (including phenoxy) is 2. The van der Waals surface area contributed by atoms with Gasteiger partial charge in [0.15, 0.2) is 11.0 Å². The molecule has 0 bridgehead atoms. The third-order valence-corrected chi connectivity index (χ3v) is 5.48. The average Bonchev–Trinajstić information content (AvgIpc) is 3.19. The predicted octanol–water partition coefficient (Wildman–Crippen LogP) is 4.18. The van der Waals surface area contributed by atoms with Crippen LogP contribution in [0.4, 0.5) is 5.69 Å². The van der Waals surface area contributed by atoms with Crippen LogP contribution in [-0.2, 0) is 24.4 Å². The second-order valence-corrected chi connectivity index (χ2v) is 7.44. The number of benzene rings is 2. The first-order chi connectivity index (χ1) is 14.6. The quantitative estimate of drug-likeness (QED) is 0.490. The lowest BCUT2D eigenvalue weighted by atomic mass is 10.2. The molecule has 8 heteroatoms. The van der Waals surface area contributed by atoms with E-state index in [4.69, 9.17) is 9.47 Å². The van der Waals surface area contributed by atoms with E-state index in [1.54, 1.807) is 31.4 Å². The van der Waals surface area contributed by atoms with Gasteiger partial charge in [0.25, 0.3) is 0 Å². The van der Waals surface area contributed by atoms with Gasteiger partial charge < -0.3 is 19.4 Å². The smallest absolute Gasteiger partial charge is 0.234 e. The zero-order valence-corrected chi connectivity index (χ0v) is 18.2. The van der Waals surface area contributed by atoms with Crippen LogP contribution in [0.2, 0.25) is 0 Å². The van der Waals surface area contributed by atoms with Gasteiger partial charge in [0.05, 0.1) is 12.9 Å². The number of nitrogens with zero attached hydrogens (tertiary/aromatic N) is 3. The number of aromatic nitrogens is 3. The molecule has 0 saturated heterocycles. The molecular weight excluding hydrogens is 400 g/mol. The number of hydrogen-bond acceptors (Lipinski definition) is 6. The molecule has 30 heavy (non-hydrogen) atoms. The predicted molar refractivity (Wildman–Crippen MR) is 118 cm³/mol. The van der Waals surface area contributed by atoms with Crippen LogP contribution in [0, 0.1) is 0 Å². The molecule has 0 saturated carbocycles. The summed E-state index contributed by atoms with van der Waals surface area (Å²) in [6.45, 7) is 5.16. The minimum atomic E-state index is -0.107. The molecule has 1 amide bonds. The fourth-order valence-electron chi connectivity index (χ4n) is 2.82. The first kappa shape index (κ1) is 21.7. The summed E-state index contributed by atoms with van der Waals surface area (Å²) in [5.74, 6) is 2.41. The Morgan fingerprint density at radius 1 is 1.03 bits per heavy atom. The molecule has 0 radical (unpaired) electrons. The lowest BCUT2D eigenvalue weighted by Gasteiger charge is -2.09. The number of carbonyl (C=O) groups is 1. The second-order valence-electron chi connectivity index (χ2n) is 6.49. The molecule has 0 spiro atoms. The number of rotatable bonds is 10. The third-order valence-electron chi connectivity index (χ3n) is 4.52. The van der Waals surface area contributed by atoms with Gasteiger partial charge in [-0.05, 0) is 55.3 Å². The van der Waals surface area contributed by atoms with Crippen molar-refractivity contribution in [3.8, 4) is 11.5 Å². The molecule has 3 rings (SSSR count). The summed E-state index contributed by atoms with van der Waals surface area (Å²) in [5.41, 5.74) is 1.99. The summed E-state index contributed by atoms with van der Waals surface area (Å²) in [7, 11) is 1.61. The van der Waals surface area contributed by atoms with E-state index in [1.807, 2.05) is 23.6 Å². The van der Waals surface area contributed by atoms with E-state index in [0.717, 1.165) is 29.4 Å². The van der Waals surface area contributed by atoms with Gasteiger partial charge in [0.2, 0.25) is 5.91 Å². The molecule has 0 unspecified atom stereocenters. The number of thioether (sulfide) groups is 1. The number of nitrogens with one attached hydrogen (secondary N) is 1. The van der Waals surface area contributed by atoms with Crippen LogP contribution < -0.4 is 14.8 Å². The van der Waals surface area contributed by atoms with Crippen molar-refractivity contribution >= 4 is 23.4 Å². The number of aryl methyl sites for hydroxylation is 1. The molecule has 158 valence electrons. The van der Waals surface area contributed by atoms with E-state index in [2.05, 4.69) is 34.6 Å². The standard InChI is InChI=1S/C22H26N4O3S/c1-4-16-6-10-19(11-7-16)29-14-20-24-25-22(26(20)5-2)30-15-21(27)23-17-8-12-18(28-3)13-9-17/h6-13H,4-5,14-15H2,1-3H3,(H,23,27). The van der Waals surface area contributed by atoms with Crippen LogP contribution in [0.15, 0.2) is 53.7 Å². The van der Waals surface area contributed by atoms with Crippen molar-refractivity contribution in [2.24, 2.45) is 0 Å². The Bertz CT molecular complexity index is 956. The maximum Gasteiger partial charge on any atom is 0.234 e. The zero-order chi connectivity index (χ0) is 21.3. The van der Waals surface area contributed by atoms with Crippen LogP contribution in [0.1, 0.15) is 25.2 Å². The highest BCUT2D eigenvalue weighted by molar-refractivity contribution is 7.99. The molecule has 2 aromatic carbocycles. The fraction of sp³-hybridized carbons (Fsp3) is 0.318. The lowest BCUT2D eigenvalue weighted by Crippen LogP contribution is -2.14. The second kappa shape index (κ2) is 10.7. The van der Waals surface area contributed by atoms with Crippen molar-refractivity contribution in [3.63, 3.8) is 0 Å². The molecular formula is C22H26N4O3S. The molecule has 1 aromatic heterocycles. The molecule has 3 aromatic rings. The van der Waals surface area contributed by atoms with Crippen LogP contribution in [0.5, 0.6) is 11.5 Å². The Kier molecular flexibility index (Phi) is 7.73. The van der Waals surface area contributed by atoms with Gasteiger partial charge in [-0.2, -0.15) is 0 Å². The minimum absolute atomic E-state index is 0.107. The zero-order valence-electron chi connectivity index (χ0n) is 17.4. The first-order valence-electron chi connectivity index (χ1n) is 9.83. The van der Waals surface area contributed by atoms with E-state index >= 15 is 0 Å². The summed E-state index contributed by atoms with van der Waals surface area (Å²) in [4.78, 5) is 12.3. The lowest BCUT2D eigenvalue weighted by molar-refractivity contribution is -0.113. The Hall–Kier alpha value is -3.00. The minimum Gasteiger partial charge on any atom is -0.497 e. The van der Waals surface area contributed by atoms with Crippen molar-refractivity contribution in [2.45, 2.75) is 38.6 Å². The monoisotopic (exact) mass is 426 g/mol. The van der Waals surface area contributed by atoms with E-state index < -0.39 is 0 Å². The molecule has 0 atom stereocenters. The van der Waals surface area contributed by atoms with E-state index in [-0.39, 0.29) is 11.7 Å². The first-order valence-corrected chi connectivity index (χ1v) is 10.8. The summed E-state index contributed by atoms with van der Waals surface area (Å²) in [6, 6.07) is 15.3. The maximum atomic E-state index is 12.3. The topological polar surface area (TPSA) is 78.3 Å². The molecule has 0 aliphatic rings. The molecule has 1 N–H and O–H groups in total. The number of anilines is 1. The highest BCUT2D eigenvalue weighted by atomic mass is 32.2. The van der Waals surface area contributed by atoms with Crippen molar-refractivity contribution in [3.05, 3.63) is 59.9 Å². The van der Waals surface area contributed by atoms with Gasteiger partial charge in [0, 0.05) is 12.2 Å². The Morgan fingerprint density at radius 3 is 2.37 bits per heavy atom. The average molecular weight is 427 g/mol. The van der Waals surface area contributed by atoms with Crippen LogP contribution >= 0.6 is 11.8 Å². The van der Waals surface area contributed by atoms with Gasteiger partial charge in [-0.25, -0.2) is 0 Å². The molecule has 0 aliphatic carbocycles. The number of hydrogen-bond donors (Lipinski definition) is 1. The summed E-state index contributed by atoms with van der Waals surface area (Å²) in [6.07, 6.45) is 0.997. The van der Waals surface area contributed by atoms with Gasteiger partial charge in [-0.1, -0.05) is 30.8 Å². The third kappa shape index (κ3) is 5.76. The van der Waals surface area contributed by atoms with Crippen molar-refractivity contribution < 1.29 is 14.3 Å². The highest BCUT2D eigenvalue weighted by Gasteiger charge is 2.14. The molecule has 1 heterocycles.